The van der Waals surface area contributed by atoms with Crippen molar-refractivity contribution in [1.82, 2.24) is 20.2 Å². The Balaban J connectivity index is 1.79. The van der Waals surface area contributed by atoms with E-state index in [-0.39, 0.29) is 5.95 Å². The van der Waals surface area contributed by atoms with Crippen molar-refractivity contribution in [2.24, 2.45) is 4.99 Å². The number of rotatable bonds is 6. The van der Waals surface area contributed by atoms with Crippen LogP contribution < -0.4 is 10.6 Å². The molecule has 0 aliphatic rings. The molecule has 2 rings (SSSR count). The molecule has 0 aliphatic carbocycles. The third-order valence-electron chi connectivity index (χ3n) is 3.21. The summed E-state index contributed by atoms with van der Waals surface area (Å²) in [5.41, 5.74) is 0.218. The van der Waals surface area contributed by atoms with Gasteiger partial charge in [-0.05, 0) is 28.5 Å². The minimum absolute atomic E-state index is 0.0572. The summed E-state index contributed by atoms with van der Waals surface area (Å²) in [6, 6.07) is 2.88. The predicted octanol–water partition coefficient (Wildman–Crippen LogP) is 2.68. The van der Waals surface area contributed by atoms with E-state index in [2.05, 4.69) is 31.0 Å². The Labute approximate surface area is 147 Å². The van der Waals surface area contributed by atoms with E-state index in [1.165, 1.54) is 5.56 Å². The van der Waals surface area contributed by atoms with Gasteiger partial charge in [0.05, 0.1) is 0 Å². The van der Waals surface area contributed by atoms with Gasteiger partial charge in [-0.2, -0.15) is 24.5 Å². The first kappa shape index (κ1) is 19.0. The molecule has 0 bridgehead atoms. The van der Waals surface area contributed by atoms with Gasteiger partial charge in [0.2, 0.25) is 5.95 Å². The Kier molecular flexibility index (Phi) is 6.57. The lowest BCUT2D eigenvalue weighted by Gasteiger charge is -2.21. The summed E-state index contributed by atoms with van der Waals surface area (Å²) in [4.78, 5) is 13.4. The average Bonchev–Trinajstić information content (AvgIpc) is 3.07. The third-order valence-corrected chi connectivity index (χ3v) is 3.94. The number of anilines is 1. The number of alkyl halides is 3. The molecule has 2 aromatic heterocycles. The molecule has 10 heteroatoms. The lowest BCUT2D eigenvalue weighted by Crippen LogP contribution is -2.40. The van der Waals surface area contributed by atoms with Crippen LogP contribution in [-0.2, 0) is 12.7 Å². The second-order valence-electron chi connectivity index (χ2n) is 5.15. The summed E-state index contributed by atoms with van der Waals surface area (Å²) in [7, 11) is 3.59. The molecule has 6 nitrogen and oxygen atoms in total. The largest absolute Gasteiger partial charge is 0.433 e. The van der Waals surface area contributed by atoms with Crippen LogP contribution in [0.2, 0.25) is 0 Å². The summed E-state index contributed by atoms with van der Waals surface area (Å²) >= 11 is 1.63. The number of halogens is 3. The molecule has 0 radical (unpaired) electrons. The molecule has 2 heterocycles. The Morgan fingerprint density at radius 3 is 2.76 bits per heavy atom. The van der Waals surface area contributed by atoms with Crippen LogP contribution in [0.4, 0.5) is 19.1 Å². The van der Waals surface area contributed by atoms with Gasteiger partial charge in [0.1, 0.15) is 5.69 Å². The van der Waals surface area contributed by atoms with Crippen LogP contribution in [-0.4, -0.2) is 48.0 Å². The van der Waals surface area contributed by atoms with E-state index in [0.717, 1.165) is 12.3 Å². The van der Waals surface area contributed by atoms with Crippen molar-refractivity contribution >= 4 is 23.2 Å². The molecule has 0 aliphatic heterocycles. The van der Waals surface area contributed by atoms with Crippen molar-refractivity contribution in [3.05, 3.63) is 40.3 Å². The molecule has 0 amide bonds. The first-order valence-electron chi connectivity index (χ1n) is 7.47. The zero-order valence-electron chi connectivity index (χ0n) is 13.8. The summed E-state index contributed by atoms with van der Waals surface area (Å²) in [6.07, 6.45) is -3.40. The van der Waals surface area contributed by atoms with Crippen LogP contribution in [0.3, 0.4) is 0 Å². The Bertz CT molecular complexity index is 687. The molecule has 0 atom stereocenters. The molecule has 0 fully saturated rings. The Morgan fingerprint density at radius 1 is 1.32 bits per heavy atom. The smallest absolute Gasteiger partial charge is 0.354 e. The van der Waals surface area contributed by atoms with E-state index in [1.807, 2.05) is 23.4 Å². The van der Waals surface area contributed by atoms with Crippen molar-refractivity contribution in [2.75, 3.05) is 32.5 Å². The van der Waals surface area contributed by atoms with Crippen LogP contribution in [0.1, 0.15) is 11.3 Å². The first-order chi connectivity index (χ1) is 11.9. The van der Waals surface area contributed by atoms with Crippen molar-refractivity contribution in [1.29, 1.82) is 0 Å². The molecular weight excluding hydrogens is 353 g/mol. The molecule has 2 aromatic rings. The van der Waals surface area contributed by atoms with Gasteiger partial charge in [0.25, 0.3) is 0 Å². The second-order valence-corrected chi connectivity index (χ2v) is 5.93. The quantitative estimate of drug-likeness (QED) is 0.464. The van der Waals surface area contributed by atoms with Crippen LogP contribution in [0.25, 0.3) is 0 Å². The Hall–Kier alpha value is -2.36. The fraction of sp³-hybridized carbons (Fsp3) is 0.400. The lowest BCUT2D eigenvalue weighted by molar-refractivity contribution is -0.141. The van der Waals surface area contributed by atoms with Crippen molar-refractivity contribution in [3.8, 4) is 0 Å². The fourth-order valence-electron chi connectivity index (χ4n) is 2.07. The standard InChI is InChI=1S/C15H19F3N6S/c1-19-14(24(2)9-11-4-8-25-10-11)22-7-6-21-13-20-5-3-12(23-13)15(16,17)18/h3-5,8,10H,6-7,9H2,1-2H3,(H,19,22)(H,20,21,23). The second kappa shape index (κ2) is 8.65. The molecule has 0 saturated carbocycles. The molecule has 0 aromatic carbocycles. The molecule has 0 saturated heterocycles. The number of guanidine groups is 1. The molecule has 0 spiro atoms. The number of hydrogen-bond acceptors (Lipinski definition) is 5. The maximum Gasteiger partial charge on any atom is 0.433 e. The van der Waals surface area contributed by atoms with E-state index in [1.54, 1.807) is 18.4 Å². The number of aliphatic imine (C=N–C) groups is 1. The molecule has 0 unspecified atom stereocenters. The van der Waals surface area contributed by atoms with Gasteiger partial charge in [-0.1, -0.05) is 0 Å². The van der Waals surface area contributed by atoms with E-state index in [0.29, 0.717) is 25.6 Å². The summed E-state index contributed by atoms with van der Waals surface area (Å²) in [6.45, 7) is 1.53. The molecule has 2 N–H and O–H groups in total. The zero-order valence-corrected chi connectivity index (χ0v) is 14.7. The first-order valence-corrected chi connectivity index (χ1v) is 8.41. The summed E-state index contributed by atoms with van der Waals surface area (Å²) < 4.78 is 37.8. The van der Waals surface area contributed by atoms with Crippen LogP contribution in [0.5, 0.6) is 0 Å². The highest BCUT2D eigenvalue weighted by molar-refractivity contribution is 7.07. The number of thiophene rings is 1. The van der Waals surface area contributed by atoms with E-state index >= 15 is 0 Å². The van der Waals surface area contributed by atoms with Crippen LogP contribution in [0, 0.1) is 0 Å². The normalized spacial score (nSPS) is 12.1. The minimum Gasteiger partial charge on any atom is -0.354 e. The topological polar surface area (TPSA) is 65.4 Å². The maximum atomic E-state index is 12.6. The summed E-state index contributed by atoms with van der Waals surface area (Å²) in [5, 5.41) is 9.98. The van der Waals surface area contributed by atoms with Gasteiger partial charge in [0, 0.05) is 39.9 Å². The number of nitrogens with one attached hydrogen (secondary N) is 2. The average molecular weight is 372 g/mol. The minimum atomic E-state index is -4.48. The highest BCUT2D eigenvalue weighted by Gasteiger charge is 2.32. The lowest BCUT2D eigenvalue weighted by atomic mass is 10.3. The number of nitrogens with zero attached hydrogens (tertiary/aromatic N) is 4. The van der Waals surface area contributed by atoms with Gasteiger partial charge < -0.3 is 15.5 Å². The number of aromatic nitrogens is 2. The van der Waals surface area contributed by atoms with E-state index < -0.39 is 11.9 Å². The Morgan fingerprint density at radius 2 is 2.12 bits per heavy atom. The summed E-state index contributed by atoms with van der Waals surface area (Å²) in [5.74, 6) is 0.635. The SMILES string of the molecule is CN=C(NCCNc1nccc(C(F)(F)F)n1)N(C)Cc1ccsc1. The predicted molar refractivity (Wildman–Crippen MR) is 92.7 cm³/mol. The van der Waals surface area contributed by atoms with Crippen molar-refractivity contribution in [2.45, 2.75) is 12.7 Å². The van der Waals surface area contributed by atoms with Gasteiger partial charge >= 0.3 is 6.18 Å². The van der Waals surface area contributed by atoms with Crippen LogP contribution in [0.15, 0.2) is 34.1 Å². The maximum absolute atomic E-state index is 12.6. The van der Waals surface area contributed by atoms with Gasteiger partial charge in [-0.15, -0.1) is 0 Å². The monoisotopic (exact) mass is 372 g/mol. The molecule has 136 valence electrons. The van der Waals surface area contributed by atoms with Crippen LogP contribution >= 0.6 is 11.3 Å². The van der Waals surface area contributed by atoms with Gasteiger partial charge in [-0.3, -0.25) is 4.99 Å². The van der Waals surface area contributed by atoms with E-state index in [4.69, 9.17) is 0 Å². The van der Waals surface area contributed by atoms with Gasteiger partial charge in [-0.25, -0.2) is 9.97 Å². The number of hydrogen-bond donors (Lipinski definition) is 2. The van der Waals surface area contributed by atoms with Crippen molar-refractivity contribution < 1.29 is 13.2 Å². The van der Waals surface area contributed by atoms with Gasteiger partial charge in [0.15, 0.2) is 5.96 Å². The highest BCUT2D eigenvalue weighted by atomic mass is 32.1. The van der Waals surface area contributed by atoms with E-state index in [9.17, 15) is 13.2 Å². The molecule has 25 heavy (non-hydrogen) atoms. The zero-order chi connectivity index (χ0) is 18.3. The molecular formula is C15H19F3N6S. The highest BCUT2D eigenvalue weighted by Crippen LogP contribution is 2.27. The fourth-order valence-corrected chi connectivity index (χ4v) is 2.73. The van der Waals surface area contributed by atoms with Crippen molar-refractivity contribution in [3.63, 3.8) is 0 Å². The third kappa shape index (κ3) is 5.89.